The van der Waals surface area contributed by atoms with Crippen molar-refractivity contribution in [2.75, 3.05) is 0 Å². The maximum atomic E-state index is 14.6. The van der Waals surface area contributed by atoms with Gasteiger partial charge in [-0.15, -0.1) is 0 Å². The number of hydrogen-bond acceptors (Lipinski definition) is 3. The molecule has 1 atom stereocenters. The predicted octanol–water partition coefficient (Wildman–Crippen LogP) is 17.0. The summed E-state index contributed by atoms with van der Waals surface area (Å²) in [7, 11) is 0. The average Bonchev–Trinajstić information content (AvgIpc) is 0.720. The van der Waals surface area contributed by atoms with E-state index in [9.17, 15) is 216 Å². The third-order valence-corrected chi connectivity index (χ3v) is 11.3. The van der Waals surface area contributed by atoms with Crippen LogP contribution in [-0.4, -0.2) is 155 Å². The van der Waals surface area contributed by atoms with E-state index in [4.69, 9.17) is 0 Å². The largest absolute Gasteiger partial charge is 0.460 e. The average molecular weight is 1390 g/mol. The lowest BCUT2D eigenvalue weighted by molar-refractivity contribution is -0.498. The second kappa shape index (κ2) is 20.7. The zero-order valence-electron chi connectivity index (χ0n) is 38.5. The molecular formula is C35H13F47N2O2. The van der Waals surface area contributed by atoms with Gasteiger partial charge < -0.3 is 5.32 Å². The predicted molar refractivity (Wildman–Crippen MR) is 175 cm³/mol. The maximum Gasteiger partial charge on any atom is 0.460 e. The number of hydrogen-bond donors (Lipinski definition) is 1. The Balaban J connectivity index is 4.09. The molecule has 0 aliphatic carbocycles. The molecule has 0 aromatic heterocycles. The number of aliphatic imine (C=N–C) groups is 1. The Morgan fingerprint density at radius 1 is 0.360 bits per heavy atom. The van der Waals surface area contributed by atoms with Crippen LogP contribution in [0.1, 0.15) is 29.3 Å². The van der Waals surface area contributed by atoms with Gasteiger partial charge in [0.25, 0.3) is 5.91 Å². The van der Waals surface area contributed by atoms with E-state index >= 15 is 0 Å². The van der Waals surface area contributed by atoms with E-state index in [1.165, 1.54) is 0 Å². The summed E-state index contributed by atoms with van der Waals surface area (Å²) in [6, 6.07) is -1.18. The van der Waals surface area contributed by atoms with E-state index in [-0.39, 0.29) is 12.5 Å². The normalized spacial score (nSPS) is 16.7. The van der Waals surface area contributed by atoms with Crippen molar-refractivity contribution in [1.29, 1.82) is 0 Å². The van der Waals surface area contributed by atoms with Gasteiger partial charge in [-0.2, -0.15) is 211 Å². The third-order valence-electron chi connectivity index (χ3n) is 11.3. The third kappa shape index (κ3) is 9.69. The Bertz CT molecular complexity index is 2710. The number of amides is 1. The lowest BCUT2D eigenvalue weighted by Crippen LogP contribution is -2.81. The number of carbonyl (C=O) groups excluding carboxylic acids is 2. The van der Waals surface area contributed by atoms with Crippen molar-refractivity contribution < 1.29 is 216 Å². The first-order valence-electron chi connectivity index (χ1n) is 19.6. The minimum atomic E-state index is -10.9. The van der Waals surface area contributed by atoms with E-state index in [0.717, 1.165) is 24.4 Å². The fourth-order valence-electron chi connectivity index (χ4n) is 5.95. The summed E-state index contributed by atoms with van der Waals surface area (Å²) in [5.41, 5.74) is -1.58. The fourth-order valence-corrected chi connectivity index (χ4v) is 5.95. The van der Waals surface area contributed by atoms with Gasteiger partial charge in [0.05, 0.1) is 5.69 Å². The van der Waals surface area contributed by atoms with Gasteiger partial charge in [0.15, 0.2) is 0 Å². The molecule has 1 aromatic carbocycles. The van der Waals surface area contributed by atoms with Crippen molar-refractivity contribution in [2.45, 2.75) is 163 Å². The highest BCUT2D eigenvalue weighted by atomic mass is 19.4. The topological polar surface area (TPSA) is 58.5 Å². The van der Waals surface area contributed by atoms with Gasteiger partial charge >= 0.3 is 136 Å². The zero-order valence-corrected chi connectivity index (χ0v) is 38.5. The van der Waals surface area contributed by atoms with E-state index in [0.29, 0.717) is 12.1 Å². The van der Waals surface area contributed by atoms with Crippen LogP contribution in [0.15, 0.2) is 23.2 Å². The molecule has 1 amide bonds. The van der Waals surface area contributed by atoms with Crippen LogP contribution in [0.4, 0.5) is 212 Å². The van der Waals surface area contributed by atoms with Crippen molar-refractivity contribution in [3.8, 4) is 0 Å². The molecule has 86 heavy (non-hydrogen) atoms. The summed E-state index contributed by atoms with van der Waals surface area (Å²) in [5, 5.41) is 1.09. The van der Waals surface area contributed by atoms with Crippen molar-refractivity contribution in [2.24, 2.45) is 4.99 Å². The van der Waals surface area contributed by atoms with Crippen LogP contribution >= 0.6 is 0 Å². The molecule has 0 saturated heterocycles. The molecule has 0 aliphatic heterocycles. The second-order valence-electron chi connectivity index (χ2n) is 17.0. The van der Waals surface area contributed by atoms with Crippen molar-refractivity contribution >= 4 is 17.7 Å². The molecule has 0 saturated carbocycles. The van der Waals surface area contributed by atoms with Crippen molar-refractivity contribution in [3.63, 3.8) is 0 Å². The van der Waals surface area contributed by atoms with Crippen molar-refractivity contribution in [3.05, 3.63) is 29.3 Å². The smallest absolute Gasteiger partial charge is 0.349 e. The first kappa shape index (κ1) is 78.8. The Kier molecular flexibility index (Phi) is 18.9. The minimum Gasteiger partial charge on any atom is -0.349 e. The summed E-state index contributed by atoms with van der Waals surface area (Å²) < 4.78 is 659. The van der Waals surface area contributed by atoms with Crippen LogP contribution in [0.25, 0.3) is 0 Å². The second-order valence-corrected chi connectivity index (χ2v) is 17.0. The molecule has 0 heterocycles. The molecule has 1 rings (SSSR count). The first-order chi connectivity index (χ1) is 36.7. The van der Waals surface area contributed by atoms with Gasteiger partial charge in [-0.05, 0) is 31.5 Å². The quantitative estimate of drug-likeness (QED) is 0.0571. The van der Waals surface area contributed by atoms with Gasteiger partial charge in [0, 0.05) is 18.0 Å². The van der Waals surface area contributed by atoms with E-state index in [1.54, 1.807) is 0 Å². The number of rotatable bonds is 26. The molecule has 0 fully saturated rings. The van der Waals surface area contributed by atoms with E-state index < -0.39 is 166 Å². The summed E-state index contributed by atoms with van der Waals surface area (Å²) in [6.45, 7) is 0.990. The molecule has 1 aromatic rings. The monoisotopic (exact) mass is 1390 g/mol. The Labute approximate surface area is 437 Å². The maximum absolute atomic E-state index is 14.6. The highest BCUT2D eigenvalue weighted by molar-refractivity contribution is 5.95. The van der Waals surface area contributed by atoms with Crippen molar-refractivity contribution in [1.82, 2.24) is 5.32 Å². The number of carbonyl (C=O) groups is 1. The highest BCUT2D eigenvalue weighted by Gasteiger charge is 3.04. The molecule has 1 unspecified atom stereocenters. The molecular weight excluding hydrogens is 1370 g/mol. The van der Waals surface area contributed by atoms with Crippen LogP contribution < -0.4 is 5.32 Å². The molecule has 0 spiro atoms. The number of alkyl halides is 47. The zero-order chi connectivity index (χ0) is 70.3. The van der Waals surface area contributed by atoms with Crippen LogP contribution in [0.2, 0.25) is 0 Å². The van der Waals surface area contributed by atoms with E-state index in [2.05, 4.69) is 4.99 Å². The summed E-state index contributed by atoms with van der Waals surface area (Å²) in [6.07, 6.45) is -11.3. The van der Waals surface area contributed by atoms with Crippen LogP contribution in [-0.2, 0) is 4.79 Å². The summed E-state index contributed by atoms with van der Waals surface area (Å²) in [4.78, 5) is 25.7. The molecule has 4 nitrogen and oxygen atoms in total. The number of benzene rings is 1. The molecule has 0 aliphatic rings. The summed E-state index contributed by atoms with van der Waals surface area (Å²) >= 11 is 0. The molecule has 51 heteroatoms. The van der Waals surface area contributed by atoms with Gasteiger partial charge in [0.1, 0.15) is 0 Å². The van der Waals surface area contributed by atoms with Gasteiger partial charge in [-0.1, -0.05) is 6.07 Å². The Morgan fingerprint density at radius 3 is 0.756 bits per heavy atom. The van der Waals surface area contributed by atoms with Crippen LogP contribution in [0.5, 0.6) is 0 Å². The van der Waals surface area contributed by atoms with Crippen LogP contribution in [0.3, 0.4) is 0 Å². The number of isocyanates is 1. The van der Waals surface area contributed by atoms with Gasteiger partial charge in [-0.25, -0.2) is 4.79 Å². The van der Waals surface area contributed by atoms with Gasteiger partial charge in [-0.3, -0.25) is 4.79 Å². The lowest BCUT2D eigenvalue weighted by Gasteiger charge is -2.47. The number of aryl methyl sites for hydroxylation is 1. The molecule has 1 N–H and O–H groups in total. The number of halogens is 47. The van der Waals surface area contributed by atoms with Crippen LogP contribution in [0, 0.1) is 6.92 Å². The minimum absolute atomic E-state index is 0.0676. The number of nitrogens with zero attached hydrogens (tertiary/aromatic N) is 1. The Morgan fingerprint density at radius 2 is 0.558 bits per heavy atom. The Hall–Kier alpha value is -5.22. The fraction of sp³-hybridized carbons (Fsp3) is 0.771. The summed E-state index contributed by atoms with van der Waals surface area (Å²) in [5.74, 6) is -226. The SMILES string of the molecule is Cc1ccc(C(=O)NC(C)CC(F)(F)C(F)(F)C(F)(F)C(F)(F)C(F)(F)C(F)(F)C(F)(F)C(F)(F)C(F)(F)C(F)(F)C(F)(F)C(F)(F)C(F)(F)C(F)(F)C(F)(F)C(F)(F)C(F)(F)C(F)(F)C(F)(F)C(F)(F)C(F)(F)C(F)(F)C(F)(F)F)cc1N=C=O. The number of nitrogens with one attached hydrogen (secondary N) is 1. The van der Waals surface area contributed by atoms with E-state index in [1.807, 2.05) is 0 Å². The standard InChI is InChI=1S/C35H13F47N2O2/c1-8-3-4-10(5-11(8)83-7-85)12(86)84-9(2)6-13(36,37)14(38,39)15(40,41)16(42,43)17(44,45)18(46,47)19(48,49)20(50,51)21(52,53)22(54,55)23(56,57)24(58,59)25(60,61)26(62,63)27(64,65)28(66,67)29(68,69)30(70,71)31(72,73)32(74,75)33(76,77)34(78,79)35(80,81)82/h3-5,9H,6H2,1-2H3,(H,84,86). The lowest BCUT2D eigenvalue weighted by atomic mass is 9.81. The molecule has 504 valence electrons. The van der Waals surface area contributed by atoms with Gasteiger partial charge in [0.2, 0.25) is 6.08 Å². The molecule has 0 radical (unpaired) electrons. The highest BCUT2D eigenvalue weighted by Crippen LogP contribution is 2.72. The molecule has 0 bridgehead atoms. The first-order valence-corrected chi connectivity index (χ1v) is 19.6.